The Morgan fingerprint density at radius 2 is 0.532 bits per heavy atom. The maximum absolute atomic E-state index is 3.76. The maximum atomic E-state index is 3.22. The average molecular weight is 939 g/mol. The molecular weight excluding hydrogens is 900 g/mol. The summed E-state index contributed by atoms with van der Waals surface area (Å²) in [5.41, 5.74) is 1.30. The Balaban J connectivity index is 1.82. The van der Waals surface area contributed by atoms with E-state index in [-0.39, 0.29) is 0 Å². The van der Waals surface area contributed by atoms with E-state index in [0.29, 0.717) is 0 Å². The fourth-order valence-corrected chi connectivity index (χ4v) is 162. The number of hydrogen-bond acceptors (Lipinski definition) is 0. The minimum absolute atomic E-state index is 1.30. The molecule has 0 unspecified atom stereocenters. The van der Waals surface area contributed by atoms with E-state index < -0.39 is 29.4 Å². The number of benzene rings is 7. The summed E-state index contributed by atoms with van der Waals surface area (Å²) in [6, 6.07) is 80.1. The van der Waals surface area contributed by atoms with Crippen LogP contribution in [0.3, 0.4) is 0 Å². The van der Waals surface area contributed by atoms with Crippen molar-refractivity contribution in [3.05, 3.63) is 212 Å². The molecule has 0 atom stereocenters. The first-order chi connectivity index (χ1) is 23.1. The fourth-order valence-electron chi connectivity index (χ4n) is 6.82. The van der Waals surface area contributed by atoms with Crippen molar-refractivity contribution in [2.45, 2.75) is 6.92 Å². The number of rotatable bonds is 9. The van der Waals surface area contributed by atoms with Gasteiger partial charge < -0.3 is 0 Å². The first kappa shape index (κ1) is 32.6. The molecule has 7 rings (SSSR count). The number of halogens is 1. The van der Waals surface area contributed by atoms with E-state index in [1.54, 1.807) is 4.04 Å². The van der Waals surface area contributed by atoms with Crippen molar-refractivity contribution in [1.29, 1.82) is 0 Å². The van der Waals surface area contributed by atoms with Crippen LogP contribution in [-0.4, -0.2) is 21.9 Å². The van der Waals surface area contributed by atoms with Gasteiger partial charge in [0.25, 0.3) is 0 Å². The first-order valence-electron chi connectivity index (χ1n) is 15.9. The molecule has 7 aromatic carbocycles. The van der Waals surface area contributed by atoms with Crippen LogP contribution in [-0.2, 0) is 7.45 Å². The van der Waals surface area contributed by atoms with E-state index >= 15 is 0 Å². The molecule has 0 aliphatic carbocycles. The van der Waals surface area contributed by atoms with E-state index in [2.05, 4.69) is 233 Å². The van der Waals surface area contributed by atoms with Crippen molar-refractivity contribution in [1.82, 2.24) is 0 Å². The summed E-state index contributed by atoms with van der Waals surface area (Å²) in [5, 5.41) is 0. The molecule has 238 valence electrons. The zero-order valence-corrected chi connectivity index (χ0v) is 34.2. The van der Waals surface area contributed by atoms with E-state index in [1.165, 1.54) is 31.7 Å². The molecule has 0 aliphatic rings. The molecule has 0 saturated carbocycles. The third kappa shape index (κ3) is 5.48. The van der Waals surface area contributed by atoms with E-state index in [0.717, 1.165) is 0 Å². The summed E-state index contributed by atoms with van der Waals surface area (Å²) >= 11 is 3.22. The molecule has 0 saturated heterocycles. The van der Waals surface area contributed by atoms with Gasteiger partial charge in [-0.2, -0.15) is 0 Å². The Bertz CT molecular complexity index is 1700. The summed E-state index contributed by atoms with van der Waals surface area (Å²) in [5.74, 6) is 0. The van der Waals surface area contributed by atoms with Gasteiger partial charge in [-0.1, -0.05) is 0 Å². The molecule has 47 heavy (non-hydrogen) atoms. The van der Waals surface area contributed by atoms with Gasteiger partial charge in [-0.05, 0) is 0 Å². The van der Waals surface area contributed by atoms with Crippen LogP contribution in [0.15, 0.2) is 206 Å². The second-order valence-corrected chi connectivity index (χ2v) is 81.1. The van der Waals surface area contributed by atoms with Gasteiger partial charge in [0.05, 0.1) is 0 Å². The Labute approximate surface area is 294 Å². The van der Waals surface area contributed by atoms with Gasteiger partial charge in [0.1, 0.15) is 0 Å². The fraction of sp³-hybridized carbons (Fsp3) is 0.0233. The average Bonchev–Trinajstić information content (AvgIpc) is 3.15. The Kier molecular flexibility index (Phi) is 9.89. The molecule has 0 amide bonds. The van der Waals surface area contributed by atoms with Crippen LogP contribution in [0.25, 0.3) is 0 Å². The van der Waals surface area contributed by atoms with Gasteiger partial charge in [0.2, 0.25) is 0 Å². The van der Waals surface area contributed by atoms with Crippen LogP contribution in [0.2, 0.25) is 0 Å². The molecule has 0 bridgehead atoms. The van der Waals surface area contributed by atoms with Gasteiger partial charge in [-0.25, -0.2) is 0 Å². The zero-order valence-electron chi connectivity index (χ0n) is 26.3. The minimum atomic E-state index is -3.76. The van der Waals surface area contributed by atoms with Crippen molar-refractivity contribution >= 4 is 71.6 Å². The molecule has 0 fully saturated rings. The number of aryl methyl sites for hydroxylation is 1. The van der Waals surface area contributed by atoms with Crippen LogP contribution in [0, 0.1) is 6.92 Å². The second-order valence-electron chi connectivity index (χ2n) is 11.6. The summed E-state index contributed by atoms with van der Waals surface area (Å²) in [4.78, 5) is 0. The second kappa shape index (κ2) is 14.3. The topological polar surface area (TPSA) is 0 Å². The molecule has 0 nitrogen and oxygen atoms in total. The summed E-state index contributed by atoms with van der Waals surface area (Å²) < 4.78 is 10.8. The molecule has 0 N–H and O–H groups in total. The van der Waals surface area contributed by atoms with E-state index in [1.807, 2.05) is 0 Å². The van der Waals surface area contributed by atoms with Crippen molar-refractivity contribution in [3.8, 4) is 0 Å². The predicted octanol–water partition coefficient (Wildman–Crippen LogP) is 5.92. The van der Waals surface area contributed by atoms with Gasteiger partial charge >= 0.3 is 298 Å². The molecule has 0 heterocycles. The molecule has 7 aromatic rings. The summed E-state index contributed by atoms with van der Waals surface area (Å²) in [6.45, 7) is 2.22. The van der Waals surface area contributed by atoms with Gasteiger partial charge in [-0.15, -0.1) is 0 Å². The van der Waals surface area contributed by atoms with E-state index in [4.69, 9.17) is 0 Å². The van der Waals surface area contributed by atoms with Gasteiger partial charge in [-0.3, -0.25) is 0 Å². The third-order valence-electron chi connectivity index (χ3n) is 8.82. The Morgan fingerprint density at radius 3 is 0.745 bits per heavy atom. The molecular formula is C43H39As2IPd. The molecule has 0 radical (unpaired) electrons. The summed E-state index contributed by atoms with van der Waals surface area (Å²) in [7, 11) is -10.5. The third-order valence-corrected chi connectivity index (χ3v) is 127. The van der Waals surface area contributed by atoms with Crippen LogP contribution in [0.5, 0.6) is 0 Å². The first-order valence-corrected chi connectivity index (χ1v) is 37.0. The Morgan fingerprint density at radius 1 is 0.319 bits per heavy atom. The van der Waals surface area contributed by atoms with Crippen molar-refractivity contribution in [3.63, 3.8) is 0 Å². The zero-order chi connectivity index (χ0) is 32.2. The van der Waals surface area contributed by atoms with Crippen LogP contribution >= 0.6 is 19.5 Å². The monoisotopic (exact) mass is 938 g/mol. The number of hydrogen-bond donors (Lipinski definition) is 0. The molecule has 0 aliphatic heterocycles. The van der Waals surface area contributed by atoms with E-state index in [9.17, 15) is 0 Å². The quantitative estimate of drug-likeness (QED) is 0.125. The van der Waals surface area contributed by atoms with Crippen molar-refractivity contribution in [2.24, 2.45) is 0 Å². The van der Waals surface area contributed by atoms with Gasteiger partial charge in [0, 0.05) is 0 Å². The van der Waals surface area contributed by atoms with Gasteiger partial charge in [0.15, 0.2) is 0 Å². The standard InChI is InChI=1S/2C18H16As.C7H7.HI.Pd/c2*1-4-10-16(11-5-1)19(17-12-6-2-7-13-17)18-14-8-3-9-15-18;1-7-5-3-2-4-6-7;;/h2*1-15,19H;3-6H,1H3;1H;/q2*+1;;;-1/p-1. The van der Waals surface area contributed by atoms with Crippen LogP contribution in [0.1, 0.15) is 5.56 Å². The molecule has 4 heteroatoms. The van der Waals surface area contributed by atoms with Crippen LogP contribution in [0.4, 0.5) is 0 Å². The van der Waals surface area contributed by atoms with Crippen LogP contribution < -0.4 is 30.1 Å². The summed E-state index contributed by atoms with van der Waals surface area (Å²) in [6.07, 6.45) is 0. The molecule has 0 spiro atoms. The normalized spacial score (nSPS) is 14.4. The molecule has 0 aromatic heterocycles. The van der Waals surface area contributed by atoms with Crippen molar-refractivity contribution < 1.29 is 7.45 Å². The van der Waals surface area contributed by atoms with Crippen molar-refractivity contribution in [2.75, 3.05) is 0 Å². The SMILES string of the molecule is Cc1cc[c]([Pd]([I])([AsH](c2ccccc2)(c2ccccc2)c2ccccc2)[AsH](c2ccccc2)(c2ccccc2)c2ccccc2)cc1. The Hall–Kier alpha value is -2.95. The predicted molar refractivity (Wildman–Crippen MR) is 216 cm³/mol.